The van der Waals surface area contributed by atoms with Crippen molar-refractivity contribution in [3.05, 3.63) is 59.4 Å². The van der Waals surface area contributed by atoms with Gasteiger partial charge in [0, 0.05) is 20.1 Å². The lowest BCUT2D eigenvalue weighted by Gasteiger charge is -2.27. The highest BCUT2D eigenvalue weighted by molar-refractivity contribution is 5.90. The van der Waals surface area contributed by atoms with Gasteiger partial charge in [-0.3, -0.25) is 9.59 Å². The molecule has 3 aromatic rings. The van der Waals surface area contributed by atoms with Crippen LogP contribution in [0.25, 0.3) is 11.0 Å². The van der Waals surface area contributed by atoms with E-state index in [1.54, 1.807) is 15.6 Å². The van der Waals surface area contributed by atoms with E-state index in [1.807, 2.05) is 31.3 Å². The van der Waals surface area contributed by atoms with Crippen LogP contribution in [0.15, 0.2) is 42.5 Å². The first kappa shape index (κ1) is 24.4. The molecule has 2 saturated heterocycles. The van der Waals surface area contributed by atoms with Crippen LogP contribution in [-0.2, 0) is 29.6 Å². The average molecular weight is 493 g/mol. The van der Waals surface area contributed by atoms with Gasteiger partial charge in [0.1, 0.15) is 17.4 Å². The molecule has 0 bridgehead atoms. The Balaban J connectivity index is 1.29. The van der Waals surface area contributed by atoms with Crippen molar-refractivity contribution in [1.82, 2.24) is 30.5 Å². The van der Waals surface area contributed by atoms with Gasteiger partial charge in [-0.05, 0) is 73.0 Å². The van der Waals surface area contributed by atoms with Gasteiger partial charge in [0.05, 0.1) is 11.6 Å². The number of carbonyl (C=O) groups is 2. The number of aryl methyl sites for hydroxylation is 1. The molecule has 2 N–H and O–H groups in total. The maximum absolute atomic E-state index is 13.7. The van der Waals surface area contributed by atoms with Crippen LogP contribution in [0.1, 0.15) is 37.3 Å². The summed E-state index contributed by atoms with van der Waals surface area (Å²) in [5, 5.41) is 14.6. The molecule has 0 aliphatic carbocycles. The number of hydrogen-bond acceptors (Lipinski definition) is 5. The second-order valence-corrected chi connectivity index (χ2v) is 10.2. The first-order chi connectivity index (χ1) is 17.4. The third-order valence-electron chi connectivity index (χ3n) is 7.63. The molecule has 8 nitrogen and oxygen atoms in total. The Hall–Kier alpha value is -3.33. The van der Waals surface area contributed by atoms with Gasteiger partial charge in [-0.2, -0.15) is 0 Å². The van der Waals surface area contributed by atoms with E-state index in [9.17, 15) is 14.0 Å². The van der Waals surface area contributed by atoms with Crippen LogP contribution in [-0.4, -0.2) is 56.9 Å². The molecule has 2 aliphatic rings. The molecule has 1 aromatic heterocycles. The Kier molecular flexibility index (Phi) is 7.00. The molecular weight excluding hydrogens is 459 g/mol. The highest BCUT2D eigenvalue weighted by Gasteiger charge is 2.42. The van der Waals surface area contributed by atoms with Crippen molar-refractivity contribution < 1.29 is 14.0 Å². The normalized spacial score (nSPS) is 23.9. The van der Waals surface area contributed by atoms with Crippen LogP contribution < -0.4 is 10.6 Å². The second-order valence-electron chi connectivity index (χ2n) is 10.2. The molecule has 0 saturated carbocycles. The van der Waals surface area contributed by atoms with E-state index in [-0.39, 0.29) is 29.6 Å². The van der Waals surface area contributed by atoms with Gasteiger partial charge in [0.2, 0.25) is 11.8 Å². The van der Waals surface area contributed by atoms with Gasteiger partial charge in [-0.25, -0.2) is 9.07 Å². The molecule has 2 amide bonds. The fourth-order valence-corrected chi connectivity index (χ4v) is 5.57. The molecule has 0 radical (unpaired) electrons. The summed E-state index contributed by atoms with van der Waals surface area (Å²) in [5.41, 5.74) is 3.50. The lowest BCUT2D eigenvalue weighted by molar-refractivity contribution is -0.139. The number of aromatic nitrogens is 3. The van der Waals surface area contributed by atoms with E-state index >= 15 is 0 Å². The maximum atomic E-state index is 13.7. The number of benzene rings is 2. The predicted octanol–water partition coefficient (Wildman–Crippen LogP) is 2.57. The Morgan fingerprint density at radius 1 is 1.14 bits per heavy atom. The zero-order valence-electron chi connectivity index (χ0n) is 20.8. The van der Waals surface area contributed by atoms with Crippen LogP contribution in [0.5, 0.6) is 0 Å². The zero-order chi connectivity index (χ0) is 25.2. The molecule has 5 rings (SSSR count). The van der Waals surface area contributed by atoms with E-state index in [2.05, 4.69) is 27.9 Å². The fourth-order valence-electron chi connectivity index (χ4n) is 5.57. The molecule has 2 aromatic carbocycles. The average Bonchev–Trinajstić information content (AvgIpc) is 3.61. The van der Waals surface area contributed by atoms with E-state index in [0.717, 1.165) is 41.5 Å². The summed E-state index contributed by atoms with van der Waals surface area (Å²) < 4.78 is 15.4. The summed E-state index contributed by atoms with van der Waals surface area (Å²) in [6.07, 6.45) is 3.01. The predicted molar refractivity (Wildman–Crippen MR) is 134 cm³/mol. The SMILES string of the molecule is CC[C@H]1CN[C@@H](C(=O)N2C[C@H](Cc3cccc(F)c3)C[C@H]2C(=O)NCc2ccc3c(c2)nnn3C)C1. The van der Waals surface area contributed by atoms with E-state index < -0.39 is 6.04 Å². The zero-order valence-corrected chi connectivity index (χ0v) is 20.8. The van der Waals surface area contributed by atoms with Crippen molar-refractivity contribution in [1.29, 1.82) is 0 Å². The topological polar surface area (TPSA) is 92.2 Å². The summed E-state index contributed by atoms with van der Waals surface area (Å²) in [6, 6.07) is 11.6. The third-order valence-corrected chi connectivity index (χ3v) is 7.63. The lowest BCUT2D eigenvalue weighted by Crippen LogP contribution is -2.51. The quantitative estimate of drug-likeness (QED) is 0.529. The monoisotopic (exact) mass is 492 g/mol. The van der Waals surface area contributed by atoms with Gasteiger partial charge in [0.15, 0.2) is 0 Å². The fraction of sp³-hybridized carbons (Fsp3) is 0.481. The Bertz CT molecular complexity index is 1260. The number of amides is 2. The highest BCUT2D eigenvalue weighted by Crippen LogP contribution is 2.29. The van der Waals surface area contributed by atoms with Gasteiger partial charge < -0.3 is 15.5 Å². The third kappa shape index (κ3) is 5.11. The highest BCUT2D eigenvalue weighted by atomic mass is 19.1. The minimum absolute atomic E-state index is 0.00572. The van der Waals surface area contributed by atoms with Crippen molar-refractivity contribution in [3.8, 4) is 0 Å². The van der Waals surface area contributed by atoms with E-state index in [0.29, 0.717) is 31.8 Å². The minimum Gasteiger partial charge on any atom is -0.350 e. The van der Waals surface area contributed by atoms with Crippen molar-refractivity contribution in [2.24, 2.45) is 18.9 Å². The molecule has 9 heteroatoms. The molecule has 4 atom stereocenters. The maximum Gasteiger partial charge on any atom is 0.243 e. The molecule has 2 aliphatic heterocycles. The second kappa shape index (κ2) is 10.3. The molecule has 3 heterocycles. The largest absolute Gasteiger partial charge is 0.350 e. The first-order valence-electron chi connectivity index (χ1n) is 12.8. The minimum atomic E-state index is -0.543. The number of carbonyl (C=O) groups excluding carboxylic acids is 2. The van der Waals surface area contributed by atoms with Crippen molar-refractivity contribution >= 4 is 22.8 Å². The molecule has 190 valence electrons. The smallest absolute Gasteiger partial charge is 0.243 e. The Labute approximate surface area is 210 Å². The van der Waals surface area contributed by atoms with Crippen LogP contribution in [0.2, 0.25) is 0 Å². The molecular formula is C27H33FN6O2. The number of nitrogens with one attached hydrogen (secondary N) is 2. The van der Waals surface area contributed by atoms with E-state index in [1.165, 1.54) is 12.1 Å². The van der Waals surface area contributed by atoms with Gasteiger partial charge >= 0.3 is 0 Å². The van der Waals surface area contributed by atoms with Crippen molar-refractivity contribution in [2.45, 2.75) is 51.2 Å². The first-order valence-corrected chi connectivity index (χ1v) is 12.8. The number of nitrogens with zero attached hydrogens (tertiary/aromatic N) is 4. The van der Waals surface area contributed by atoms with Crippen molar-refractivity contribution in [3.63, 3.8) is 0 Å². The van der Waals surface area contributed by atoms with Crippen LogP contribution in [0.3, 0.4) is 0 Å². The van der Waals surface area contributed by atoms with Crippen LogP contribution >= 0.6 is 0 Å². The van der Waals surface area contributed by atoms with Gasteiger partial charge in [-0.1, -0.05) is 36.8 Å². The molecule has 0 spiro atoms. The lowest BCUT2D eigenvalue weighted by atomic mass is 9.96. The summed E-state index contributed by atoms with van der Waals surface area (Å²) in [4.78, 5) is 28.6. The molecule has 0 unspecified atom stereocenters. The van der Waals surface area contributed by atoms with Gasteiger partial charge in [-0.15, -0.1) is 5.10 Å². The summed E-state index contributed by atoms with van der Waals surface area (Å²) in [7, 11) is 1.84. The Morgan fingerprint density at radius 2 is 2.00 bits per heavy atom. The van der Waals surface area contributed by atoms with E-state index in [4.69, 9.17) is 0 Å². The summed E-state index contributed by atoms with van der Waals surface area (Å²) in [6.45, 7) is 3.81. The molecule has 2 fully saturated rings. The van der Waals surface area contributed by atoms with Gasteiger partial charge in [0.25, 0.3) is 0 Å². The van der Waals surface area contributed by atoms with Crippen LogP contribution in [0, 0.1) is 17.7 Å². The van der Waals surface area contributed by atoms with Crippen LogP contribution in [0.4, 0.5) is 4.39 Å². The Morgan fingerprint density at radius 3 is 2.78 bits per heavy atom. The number of hydrogen-bond donors (Lipinski definition) is 2. The summed E-state index contributed by atoms with van der Waals surface area (Å²) in [5.74, 6) is 0.135. The summed E-state index contributed by atoms with van der Waals surface area (Å²) >= 11 is 0. The standard InChI is InChI=1S/C27H33FN6O2/c1-3-17-11-23(29-14-17)27(36)34-16-20(9-18-5-4-6-21(28)10-18)13-25(34)26(35)30-15-19-7-8-24-22(12-19)31-32-33(24)2/h4-8,10,12,17,20,23,25,29H,3,9,11,13-16H2,1-2H3,(H,30,35)/t17-,20-,23-,25+/m1/s1. The number of fused-ring (bicyclic) bond motifs is 1. The number of rotatable bonds is 7. The number of likely N-dealkylation sites (tertiary alicyclic amines) is 1. The van der Waals surface area contributed by atoms with Crippen molar-refractivity contribution in [2.75, 3.05) is 13.1 Å². The molecule has 36 heavy (non-hydrogen) atoms. The number of halogens is 1.